The number of halogens is 2. The number of hydrogen-bond acceptors (Lipinski definition) is 10. The average molecular weight is 787 g/mol. The number of Topliss-reactive ketones (excluding diaryl/α,β-unsaturated/α-hetero) is 2. The van der Waals surface area contributed by atoms with Gasteiger partial charge in [0.05, 0.1) is 11.5 Å². The second kappa shape index (κ2) is 12.3. The van der Waals surface area contributed by atoms with Crippen molar-refractivity contribution in [2.45, 2.75) is 51.4 Å². The lowest BCUT2D eigenvalue weighted by Gasteiger charge is -2.35. The van der Waals surface area contributed by atoms with Crippen molar-refractivity contribution in [3.8, 4) is 5.00 Å². The molecule has 0 spiro atoms. The van der Waals surface area contributed by atoms with E-state index in [1.807, 2.05) is 59.9 Å². The van der Waals surface area contributed by atoms with Gasteiger partial charge < -0.3 is 0 Å². The molecule has 2 aromatic carbocycles. The maximum absolute atomic E-state index is 13.1. The number of amidine groups is 1. The van der Waals surface area contributed by atoms with Gasteiger partial charge in [0.2, 0.25) is 5.95 Å². The molecule has 4 heterocycles. The van der Waals surface area contributed by atoms with Crippen LogP contribution in [0.4, 0.5) is 5.95 Å². The van der Waals surface area contributed by atoms with Crippen LogP contribution in [0, 0.1) is 11.3 Å². The Bertz CT molecular complexity index is 1830. The molecule has 45 heavy (non-hydrogen) atoms. The molecule has 13 heteroatoms. The van der Waals surface area contributed by atoms with E-state index in [2.05, 4.69) is 77.7 Å². The molecule has 232 valence electrons. The third kappa shape index (κ3) is 5.95. The van der Waals surface area contributed by atoms with Crippen LogP contribution in [0.5, 0.6) is 0 Å². The summed E-state index contributed by atoms with van der Waals surface area (Å²) < 4.78 is 3.96. The van der Waals surface area contributed by atoms with E-state index in [0.717, 1.165) is 33.2 Å². The maximum atomic E-state index is 13.1. The molecule has 3 aliphatic rings. The summed E-state index contributed by atoms with van der Waals surface area (Å²) in [4.78, 5) is 29.6. The number of benzene rings is 2. The number of ketones is 2. The molecule has 1 unspecified atom stereocenters. The average Bonchev–Trinajstić information content (AvgIpc) is 3.73. The molecule has 8 nitrogen and oxygen atoms in total. The Morgan fingerprint density at radius 2 is 1.58 bits per heavy atom. The van der Waals surface area contributed by atoms with Crippen molar-refractivity contribution < 1.29 is 9.59 Å². The molecular weight excluding hydrogens is 756 g/mol. The second-order valence-corrected chi connectivity index (χ2v) is 17.2. The molecule has 0 fully saturated rings. The van der Waals surface area contributed by atoms with Crippen molar-refractivity contribution in [3.05, 3.63) is 84.6 Å². The first-order valence-corrected chi connectivity index (χ1v) is 19.0. The van der Waals surface area contributed by atoms with E-state index in [0.29, 0.717) is 33.3 Å². The Balaban J connectivity index is 1.21. The third-order valence-corrected chi connectivity index (χ3v) is 12.8. The maximum Gasteiger partial charge on any atom is 0.241 e. The van der Waals surface area contributed by atoms with Gasteiger partial charge in [-0.15, -0.1) is 21.5 Å². The van der Waals surface area contributed by atoms with Gasteiger partial charge in [-0.25, -0.2) is 4.57 Å². The van der Waals surface area contributed by atoms with E-state index in [-0.39, 0.29) is 34.7 Å². The molecule has 1 N–H and O–H groups in total. The smallest absolute Gasteiger partial charge is 0.241 e. The van der Waals surface area contributed by atoms with Gasteiger partial charge in [-0.2, -0.15) is 5.10 Å². The molecule has 0 saturated carbocycles. The highest BCUT2D eigenvalue weighted by Crippen LogP contribution is 2.51. The van der Waals surface area contributed by atoms with Gasteiger partial charge in [-0.05, 0) is 60.4 Å². The zero-order valence-electron chi connectivity index (χ0n) is 24.8. The molecule has 1 aliphatic carbocycles. The van der Waals surface area contributed by atoms with E-state index in [1.165, 1.54) is 39.5 Å². The number of anilines is 1. The number of aromatic nitrogens is 3. The number of carbonyl (C=O) groups excluding carboxylic acids is 2. The van der Waals surface area contributed by atoms with Gasteiger partial charge in [-0.1, -0.05) is 100 Å². The van der Waals surface area contributed by atoms with Crippen LogP contribution in [0.1, 0.15) is 70.1 Å². The SMILES string of the molecule is CC(C)(C)[C@H]1CCc2c(sc3c2C2NN=C(SCC(=O)c4ccc(Br)cc4)N2c2nnc(SCC(=O)c4ccc(Br)cc4)n2-3)C1. The minimum atomic E-state index is -0.226. The number of hydrogen-bond donors (Lipinski definition) is 1. The highest BCUT2D eigenvalue weighted by Gasteiger charge is 2.45. The van der Waals surface area contributed by atoms with Crippen molar-refractivity contribution in [1.29, 1.82) is 0 Å². The summed E-state index contributed by atoms with van der Waals surface area (Å²) in [5.74, 6) is 1.79. The van der Waals surface area contributed by atoms with Crippen LogP contribution < -0.4 is 10.3 Å². The molecule has 0 radical (unpaired) electrons. The molecule has 2 atom stereocenters. The van der Waals surface area contributed by atoms with Crippen molar-refractivity contribution in [2.75, 3.05) is 16.4 Å². The Hall–Kier alpha value is -2.45. The number of carbonyl (C=O) groups is 2. The van der Waals surface area contributed by atoms with Crippen molar-refractivity contribution in [2.24, 2.45) is 16.4 Å². The van der Waals surface area contributed by atoms with Crippen LogP contribution in [-0.2, 0) is 12.8 Å². The Morgan fingerprint density at radius 3 is 2.20 bits per heavy atom. The molecule has 0 bridgehead atoms. The van der Waals surface area contributed by atoms with Crippen molar-refractivity contribution in [1.82, 2.24) is 20.2 Å². The standard InChI is InChI=1S/C32H30Br2N6O2S3/c1-32(2,3)19-8-13-22-25(14-19)45-28-26(22)27-35-37-30(43-15-23(41)17-4-9-20(33)10-5-17)39(27)29-36-38-31(40(28)29)44-16-24(42)18-6-11-21(34)12-7-18/h4-7,9-12,19,27,35H,8,13-16H2,1-3H3/t19-,27?/m0/s1. The van der Waals surface area contributed by atoms with Gasteiger partial charge in [0.1, 0.15) is 5.00 Å². The summed E-state index contributed by atoms with van der Waals surface area (Å²) in [7, 11) is 0. The number of thiophene rings is 1. The van der Waals surface area contributed by atoms with Crippen LogP contribution in [0.2, 0.25) is 0 Å². The predicted molar refractivity (Wildman–Crippen MR) is 190 cm³/mol. The second-order valence-electron chi connectivity index (χ2n) is 12.4. The van der Waals surface area contributed by atoms with Crippen LogP contribution in [0.15, 0.2) is 67.7 Å². The van der Waals surface area contributed by atoms with Crippen molar-refractivity contribution >= 4 is 89.4 Å². The highest BCUT2D eigenvalue weighted by atomic mass is 79.9. The fourth-order valence-electron chi connectivity index (χ4n) is 6.01. The first-order valence-electron chi connectivity index (χ1n) is 14.6. The quantitative estimate of drug-likeness (QED) is 0.148. The largest absolute Gasteiger partial charge is 0.293 e. The topological polar surface area (TPSA) is 92.5 Å². The molecular formula is C32H30Br2N6O2S3. The minimum Gasteiger partial charge on any atom is -0.293 e. The summed E-state index contributed by atoms with van der Waals surface area (Å²) in [6, 6.07) is 14.8. The van der Waals surface area contributed by atoms with Gasteiger partial charge in [0.15, 0.2) is 28.1 Å². The highest BCUT2D eigenvalue weighted by molar-refractivity contribution is 9.10. The van der Waals surface area contributed by atoms with Crippen molar-refractivity contribution in [3.63, 3.8) is 0 Å². The Morgan fingerprint density at radius 1 is 0.956 bits per heavy atom. The molecule has 2 aliphatic heterocycles. The molecule has 7 rings (SSSR count). The van der Waals surface area contributed by atoms with Gasteiger partial charge in [0.25, 0.3) is 0 Å². The number of thioether (sulfide) groups is 2. The summed E-state index contributed by atoms with van der Waals surface area (Å²) in [5.41, 5.74) is 7.51. The third-order valence-electron chi connectivity index (χ3n) is 8.56. The van der Waals surface area contributed by atoms with Gasteiger partial charge in [0, 0.05) is 30.5 Å². The fourth-order valence-corrected chi connectivity index (χ4v) is 9.75. The van der Waals surface area contributed by atoms with E-state index in [1.54, 1.807) is 0 Å². The van der Waals surface area contributed by atoms with Crippen LogP contribution in [-0.4, -0.2) is 43.0 Å². The first-order chi connectivity index (χ1) is 21.6. The minimum absolute atomic E-state index is 0.0293. The van der Waals surface area contributed by atoms with E-state index >= 15 is 0 Å². The zero-order valence-corrected chi connectivity index (χ0v) is 30.5. The number of rotatable bonds is 7. The molecule has 0 saturated heterocycles. The molecule has 2 aromatic heterocycles. The number of hydrazone groups is 1. The lowest BCUT2D eigenvalue weighted by atomic mass is 9.72. The zero-order chi connectivity index (χ0) is 31.5. The lowest BCUT2D eigenvalue weighted by Crippen LogP contribution is -2.38. The number of fused-ring (bicyclic) bond motifs is 8. The summed E-state index contributed by atoms with van der Waals surface area (Å²) in [6.07, 6.45) is 2.95. The Kier molecular flexibility index (Phi) is 8.51. The fraction of sp³-hybridized carbons (Fsp3) is 0.344. The normalized spacial score (nSPS) is 18.4. The van der Waals surface area contributed by atoms with Gasteiger partial charge >= 0.3 is 0 Å². The number of nitrogens with zero attached hydrogens (tertiary/aromatic N) is 5. The van der Waals surface area contributed by atoms with E-state index < -0.39 is 0 Å². The predicted octanol–water partition coefficient (Wildman–Crippen LogP) is 8.29. The molecule has 0 amide bonds. The summed E-state index contributed by atoms with van der Waals surface area (Å²) in [5, 5.41) is 16.4. The summed E-state index contributed by atoms with van der Waals surface area (Å²) in [6.45, 7) is 7.00. The summed E-state index contributed by atoms with van der Waals surface area (Å²) >= 11 is 11.5. The number of nitrogens with one attached hydrogen (secondary N) is 1. The Labute approximate surface area is 291 Å². The van der Waals surface area contributed by atoms with Crippen LogP contribution >= 0.6 is 66.7 Å². The van der Waals surface area contributed by atoms with Gasteiger partial charge in [-0.3, -0.25) is 19.9 Å². The van der Waals surface area contributed by atoms with E-state index in [9.17, 15) is 9.59 Å². The van der Waals surface area contributed by atoms with Crippen LogP contribution in [0.25, 0.3) is 5.00 Å². The van der Waals surface area contributed by atoms with Crippen LogP contribution in [0.3, 0.4) is 0 Å². The molecule has 4 aromatic rings. The first kappa shape index (κ1) is 31.2. The monoisotopic (exact) mass is 784 g/mol. The van der Waals surface area contributed by atoms with E-state index in [4.69, 9.17) is 5.10 Å². The lowest BCUT2D eigenvalue weighted by molar-refractivity contribution is 0.101.